The van der Waals surface area contributed by atoms with E-state index in [1.165, 1.54) is 41.3 Å². The zero-order valence-corrected chi connectivity index (χ0v) is 17.8. The summed E-state index contributed by atoms with van der Waals surface area (Å²) in [5.74, 6) is -1.22. The Hall–Kier alpha value is -2.10. The van der Waals surface area contributed by atoms with Crippen molar-refractivity contribution in [3.8, 4) is 0 Å². The summed E-state index contributed by atoms with van der Waals surface area (Å²) in [5, 5.41) is 0.243. The van der Waals surface area contributed by atoms with E-state index in [0.29, 0.717) is 4.47 Å². The molecule has 2 aromatic rings. The maximum absolute atomic E-state index is 12.9. The molecule has 0 heterocycles. The third-order valence-corrected chi connectivity index (χ3v) is 5.65. The van der Waals surface area contributed by atoms with Gasteiger partial charge in [0.25, 0.3) is 15.9 Å². The number of carbonyl (C=O) groups excluding carboxylic acids is 2. The number of benzene rings is 2. The highest BCUT2D eigenvalue weighted by atomic mass is 79.9. The van der Waals surface area contributed by atoms with Crippen molar-refractivity contribution >= 4 is 55.1 Å². The van der Waals surface area contributed by atoms with E-state index in [4.69, 9.17) is 11.6 Å². The second kappa shape index (κ2) is 8.28. The molecule has 2 aromatic carbocycles. The Bertz CT molecular complexity index is 1010. The second-order valence-electron chi connectivity index (χ2n) is 5.63. The van der Waals surface area contributed by atoms with E-state index in [0.717, 1.165) is 7.11 Å². The molecule has 1 N–H and O–H groups in total. The Morgan fingerprint density at radius 2 is 1.78 bits per heavy atom. The molecule has 7 nitrogen and oxygen atoms in total. The van der Waals surface area contributed by atoms with E-state index < -0.39 is 21.9 Å². The Labute approximate surface area is 170 Å². The highest BCUT2D eigenvalue weighted by molar-refractivity contribution is 9.10. The predicted molar refractivity (Wildman–Crippen MR) is 106 cm³/mol. The number of amides is 1. The number of methoxy groups -OCH3 is 1. The maximum atomic E-state index is 12.9. The number of hydrogen-bond acceptors (Lipinski definition) is 5. The Morgan fingerprint density at radius 1 is 1.11 bits per heavy atom. The van der Waals surface area contributed by atoms with Crippen LogP contribution in [0.15, 0.2) is 45.8 Å². The number of sulfonamides is 1. The van der Waals surface area contributed by atoms with Gasteiger partial charge >= 0.3 is 5.97 Å². The maximum Gasteiger partial charge on any atom is 0.339 e. The van der Waals surface area contributed by atoms with Gasteiger partial charge in [0.2, 0.25) is 0 Å². The molecule has 1 amide bonds. The fourth-order valence-electron chi connectivity index (χ4n) is 2.23. The Balaban J connectivity index is 2.57. The average molecular weight is 476 g/mol. The first-order valence-corrected chi connectivity index (χ1v) is 10.1. The minimum atomic E-state index is -4.22. The molecule has 0 saturated heterocycles. The van der Waals surface area contributed by atoms with Crippen LogP contribution in [0.2, 0.25) is 5.02 Å². The van der Waals surface area contributed by atoms with Crippen LogP contribution < -0.4 is 4.72 Å². The highest BCUT2D eigenvalue weighted by Crippen LogP contribution is 2.28. The normalized spacial score (nSPS) is 11.0. The van der Waals surface area contributed by atoms with Crippen LogP contribution in [0.25, 0.3) is 0 Å². The number of nitrogens with zero attached hydrogens (tertiary/aromatic N) is 1. The highest BCUT2D eigenvalue weighted by Gasteiger charge is 2.25. The molecule has 0 bridgehead atoms. The molecule has 0 fully saturated rings. The molecular weight excluding hydrogens is 460 g/mol. The van der Waals surface area contributed by atoms with Gasteiger partial charge in [0.05, 0.1) is 23.9 Å². The first-order valence-electron chi connectivity index (χ1n) is 7.48. The van der Waals surface area contributed by atoms with E-state index in [9.17, 15) is 18.0 Å². The fourth-order valence-corrected chi connectivity index (χ4v) is 4.01. The first kappa shape index (κ1) is 21.2. The number of nitrogens with one attached hydrogen (secondary N) is 1. The number of hydrogen-bond donors (Lipinski definition) is 1. The van der Waals surface area contributed by atoms with Gasteiger partial charge < -0.3 is 9.64 Å². The SMILES string of the molecule is COC(=O)c1cc(Br)ccc1S(=O)(=O)Nc1cc(Cl)ccc1C(=O)N(C)C. The van der Waals surface area contributed by atoms with Crippen LogP contribution in [0, 0.1) is 0 Å². The standard InChI is InChI=1S/C17H16BrClN2O5S/c1-21(2)16(22)12-6-5-11(19)9-14(12)20-27(24,25)15-7-4-10(18)8-13(15)17(23)26-3/h4-9,20H,1-3H3. The van der Waals surface area contributed by atoms with Crippen molar-refractivity contribution in [1.82, 2.24) is 4.90 Å². The summed E-state index contributed by atoms with van der Waals surface area (Å²) in [7, 11) is 0.0173. The molecular formula is C17H16BrClN2O5S. The van der Waals surface area contributed by atoms with Gasteiger partial charge in [0, 0.05) is 23.6 Å². The zero-order chi connectivity index (χ0) is 20.4. The van der Waals surface area contributed by atoms with E-state index in [-0.39, 0.29) is 26.7 Å². The first-order chi connectivity index (χ1) is 12.6. The van der Waals surface area contributed by atoms with Crippen LogP contribution in [0.1, 0.15) is 20.7 Å². The van der Waals surface area contributed by atoms with Crippen LogP contribution in [-0.4, -0.2) is 46.4 Å². The van der Waals surface area contributed by atoms with Crippen molar-refractivity contribution in [2.75, 3.05) is 25.9 Å². The fraction of sp³-hybridized carbons (Fsp3) is 0.176. The summed E-state index contributed by atoms with van der Waals surface area (Å²) >= 11 is 9.15. The molecule has 0 radical (unpaired) electrons. The van der Waals surface area contributed by atoms with Gasteiger partial charge in [0.1, 0.15) is 4.90 Å². The third kappa shape index (κ3) is 4.79. The van der Waals surface area contributed by atoms with E-state index in [1.54, 1.807) is 14.1 Å². The van der Waals surface area contributed by atoms with Gasteiger partial charge in [-0.2, -0.15) is 0 Å². The summed E-state index contributed by atoms with van der Waals surface area (Å²) in [6.45, 7) is 0. The van der Waals surface area contributed by atoms with Gasteiger partial charge in [0.15, 0.2) is 0 Å². The Morgan fingerprint density at radius 3 is 2.37 bits per heavy atom. The van der Waals surface area contributed by atoms with Crippen molar-refractivity contribution in [3.05, 3.63) is 57.0 Å². The number of carbonyl (C=O) groups is 2. The monoisotopic (exact) mass is 474 g/mol. The third-order valence-electron chi connectivity index (χ3n) is 3.50. The van der Waals surface area contributed by atoms with Gasteiger partial charge in [-0.25, -0.2) is 13.2 Å². The minimum Gasteiger partial charge on any atom is -0.465 e. The average Bonchev–Trinajstić information content (AvgIpc) is 2.59. The van der Waals surface area contributed by atoms with E-state index in [2.05, 4.69) is 25.4 Å². The zero-order valence-electron chi connectivity index (χ0n) is 14.6. The molecule has 0 aromatic heterocycles. The molecule has 0 aliphatic rings. The molecule has 0 unspecified atom stereocenters. The lowest BCUT2D eigenvalue weighted by Crippen LogP contribution is -2.24. The summed E-state index contributed by atoms with van der Waals surface area (Å²) in [5.41, 5.74) is -0.0356. The van der Waals surface area contributed by atoms with Crippen molar-refractivity contribution in [2.24, 2.45) is 0 Å². The summed E-state index contributed by atoms with van der Waals surface area (Å²) in [4.78, 5) is 25.3. The van der Waals surface area contributed by atoms with Crippen LogP contribution in [-0.2, 0) is 14.8 Å². The van der Waals surface area contributed by atoms with E-state index in [1.807, 2.05) is 0 Å². The van der Waals surface area contributed by atoms with Crippen LogP contribution >= 0.6 is 27.5 Å². The summed E-state index contributed by atoms with van der Waals surface area (Å²) in [6.07, 6.45) is 0. The van der Waals surface area contributed by atoms with Gasteiger partial charge in [-0.3, -0.25) is 9.52 Å². The molecule has 0 atom stereocenters. The molecule has 10 heteroatoms. The number of halogens is 2. The van der Waals surface area contributed by atoms with Gasteiger partial charge in [-0.05, 0) is 36.4 Å². The number of esters is 1. The second-order valence-corrected chi connectivity index (χ2v) is 8.63. The molecule has 2 rings (SSSR count). The smallest absolute Gasteiger partial charge is 0.339 e. The van der Waals surface area contributed by atoms with Gasteiger partial charge in [-0.15, -0.1) is 0 Å². The van der Waals surface area contributed by atoms with Crippen molar-refractivity contribution in [3.63, 3.8) is 0 Å². The molecule has 0 aliphatic heterocycles. The summed E-state index contributed by atoms with van der Waals surface area (Å²) in [6, 6.07) is 8.30. The lowest BCUT2D eigenvalue weighted by Gasteiger charge is -2.17. The van der Waals surface area contributed by atoms with Crippen LogP contribution in [0.4, 0.5) is 5.69 Å². The number of rotatable bonds is 5. The molecule has 0 spiro atoms. The van der Waals surface area contributed by atoms with Gasteiger partial charge in [-0.1, -0.05) is 27.5 Å². The van der Waals surface area contributed by atoms with Crippen molar-refractivity contribution < 1.29 is 22.7 Å². The minimum absolute atomic E-state index is 0.0000606. The number of anilines is 1. The number of ether oxygens (including phenoxy) is 1. The molecule has 0 aliphatic carbocycles. The van der Waals surface area contributed by atoms with E-state index >= 15 is 0 Å². The van der Waals surface area contributed by atoms with Crippen molar-refractivity contribution in [1.29, 1.82) is 0 Å². The topological polar surface area (TPSA) is 92.8 Å². The predicted octanol–water partition coefficient (Wildman–Crippen LogP) is 3.39. The van der Waals surface area contributed by atoms with Crippen molar-refractivity contribution in [2.45, 2.75) is 4.90 Å². The lowest BCUT2D eigenvalue weighted by atomic mass is 10.1. The molecule has 27 heavy (non-hydrogen) atoms. The lowest BCUT2D eigenvalue weighted by molar-refractivity contribution is 0.0596. The quantitative estimate of drug-likeness (QED) is 0.669. The molecule has 144 valence electrons. The van der Waals surface area contributed by atoms with Crippen LogP contribution in [0.5, 0.6) is 0 Å². The Kier molecular flexibility index (Phi) is 6.50. The molecule has 0 saturated carbocycles. The summed E-state index contributed by atoms with van der Waals surface area (Å²) < 4.78 is 33.3. The van der Waals surface area contributed by atoms with Crippen LogP contribution in [0.3, 0.4) is 0 Å². The largest absolute Gasteiger partial charge is 0.465 e.